The van der Waals surface area contributed by atoms with Crippen molar-refractivity contribution in [3.05, 3.63) is 64.7 Å². The zero-order valence-electron chi connectivity index (χ0n) is 16.4. The van der Waals surface area contributed by atoms with Crippen molar-refractivity contribution in [2.24, 2.45) is 0 Å². The lowest BCUT2D eigenvalue weighted by molar-refractivity contribution is -0.142. The van der Waals surface area contributed by atoms with Gasteiger partial charge >= 0.3 is 0 Å². The Morgan fingerprint density at radius 1 is 0.967 bits per heavy atom. The summed E-state index contributed by atoms with van der Waals surface area (Å²) in [4.78, 5) is 15.3. The van der Waals surface area contributed by atoms with Crippen molar-refractivity contribution in [1.29, 1.82) is 5.26 Å². The minimum absolute atomic E-state index is 0.0755. The predicted octanol–water partition coefficient (Wildman–Crippen LogP) is 3.17. The van der Waals surface area contributed by atoms with Gasteiger partial charge in [-0.1, -0.05) is 30.2 Å². The first-order valence-corrected chi connectivity index (χ1v) is 11.7. The fraction of sp³-hybridized carbons (Fsp3) is 0.364. The van der Waals surface area contributed by atoms with Crippen molar-refractivity contribution < 1.29 is 13.2 Å². The van der Waals surface area contributed by atoms with E-state index in [2.05, 4.69) is 0 Å². The number of piperazine rings is 1. The molecule has 0 unspecified atom stereocenters. The van der Waals surface area contributed by atoms with Gasteiger partial charge in [0.15, 0.2) is 0 Å². The topological polar surface area (TPSA) is 81.5 Å². The van der Waals surface area contributed by atoms with Crippen LogP contribution in [0.5, 0.6) is 0 Å². The number of carbonyl (C=O) groups is 1. The number of nitrogens with zero attached hydrogens (tertiary/aromatic N) is 3. The summed E-state index contributed by atoms with van der Waals surface area (Å²) in [6, 6.07) is 15.4. The number of hydrogen-bond donors (Lipinski definition) is 0. The number of nitriles is 1. The Labute approximate surface area is 181 Å². The SMILES string of the molecule is N#Cc1ccc(S(=O)(=O)N2CCN(C(=O)C3(c4ccc(Cl)cc4)CCC3)CC2)cc1. The minimum Gasteiger partial charge on any atom is -0.339 e. The van der Waals surface area contributed by atoms with E-state index in [4.69, 9.17) is 16.9 Å². The van der Waals surface area contributed by atoms with E-state index < -0.39 is 15.4 Å². The van der Waals surface area contributed by atoms with E-state index in [-0.39, 0.29) is 23.9 Å². The third kappa shape index (κ3) is 3.60. The number of hydrogen-bond acceptors (Lipinski definition) is 4. The van der Waals surface area contributed by atoms with Crippen molar-refractivity contribution in [3.63, 3.8) is 0 Å². The van der Waals surface area contributed by atoms with E-state index in [1.54, 1.807) is 4.90 Å². The Balaban J connectivity index is 1.46. The molecule has 30 heavy (non-hydrogen) atoms. The van der Waals surface area contributed by atoms with Crippen LogP contribution in [0.4, 0.5) is 0 Å². The maximum absolute atomic E-state index is 13.4. The van der Waals surface area contributed by atoms with Crippen molar-refractivity contribution in [2.45, 2.75) is 29.6 Å². The van der Waals surface area contributed by atoms with Gasteiger partial charge in [0, 0.05) is 31.2 Å². The number of rotatable bonds is 4. The fourth-order valence-electron chi connectivity index (χ4n) is 4.21. The Bertz CT molecular complexity index is 1080. The van der Waals surface area contributed by atoms with Crippen LogP contribution in [0, 0.1) is 11.3 Å². The molecular formula is C22H22ClN3O3S. The summed E-state index contributed by atoms with van der Waals surface area (Å²) >= 11 is 6.00. The normalized spacial score (nSPS) is 19.0. The lowest BCUT2D eigenvalue weighted by Crippen LogP contribution is -2.57. The summed E-state index contributed by atoms with van der Waals surface area (Å²) in [7, 11) is -3.65. The summed E-state index contributed by atoms with van der Waals surface area (Å²) < 4.78 is 27.2. The van der Waals surface area contributed by atoms with Gasteiger partial charge in [-0.3, -0.25) is 4.79 Å². The smallest absolute Gasteiger partial charge is 0.243 e. The van der Waals surface area contributed by atoms with E-state index in [1.165, 1.54) is 28.6 Å². The van der Waals surface area contributed by atoms with E-state index in [9.17, 15) is 13.2 Å². The van der Waals surface area contributed by atoms with Gasteiger partial charge in [-0.25, -0.2) is 8.42 Å². The molecule has 2 aromatic carbocycles. The molecule has 156 valence electrons. The monoisotopic (exact) mass is 443 g/mol. The van der Waals surface area contributed by atoms with Gasteiger partial charge in [0.2, 0.25) is 15.9 Å². The summed E-state index contributed by atoms with van der Waals surface area (Å²) in [5.41, 5.74) is 0.881. The molecule has 2 aromatic rings. The van der Waals surface area contributed by atoms with Gasteiger partial charge in [-0.05, 0) is 54.8 Å². The van der Waals surface area contributed by atoms with Crippen molar-refractivity contribution >= 4 is 27.5 Å². The molecule has 0 bridgehead atoms. The second-order valence-corrected chi connectivity index (χ2v) is 10.1. The lowest BCUT2D eigenvalue weighted by Gasteiger charge is -2.46. The molecule has 0 spiro atoms. The molecule has 6 nitrogen and oxygen atoms in total. The van der Waals surface area contributed by atoms with E-state index in [1.807, 2.05) is 30.3 Å². The number of amides is 1. The molecule has 1 heterocycles. The van der Waals surface area contributed by atoms with Crippen LogP contribution in [-0.2, 0) is 20.2 Å². The molecular weight excluding hydrogens is 422 g/mol. The molecule has 2 fully saturated rings. The van der Waals surface area contributed by atoms with Crippen LogP contribution in [0.1, 0.15) is 30.4 Å². The first-order valence-electron chi connectivity index (χ1n) is 9.93. The Hall–Kier alpha value is -2.40. The number of carbonyl (C=O) groups excluding carboxylic acids is 1. The third-order valence-corrected chi connectivity index (χ3v) is 8.33. The molecule has 0 N–H and O–H groups in total. The van der Waals surface area contributed by atoms with Crippen LogP contribution < -0.4 is 0 Å². The highest BCUT2D eigenvalue weighted by Crippen LogP contribution is 2.45. The third-order valence-electron chi connectivity index (χ3n) is 6.16. The van der Waals surface area contributed by atoms with E-state index in [0.717, 1.165) is 24.8 Å². The standard InChI is InChI=1S/C22H22ClN3O3S/c23-19-6-4-18(5-7-19)22(10-1-11-22)21(27)25-12-14-26(15-13-25)30(28,29)20-8-2-17(16-24)3-9-20/h2-9H,1,10-15H2. The molecule has 1 aliphatic carbocycles. The predicted molar refractivity (Wildman–Crippen MR) is 113 cm³/mol. The van der Waals surface area contributed by atoms with E-state index in [0.29, 0.717) is 23.7 Å². The Morgan fingerprint density at radius 2 is 1.57 bits per heavy atom. The second-order valence-electron chi connectivity index (χ2n) is 7.78. The maximum atomic E-state index is 13.4. The molecule has 0 atom stereocenters. The molecule has 2 aliphatic rings. The van der Waals surface area contributed by atoms with Gasteiger partial charge in [-0.2, -0.15) is 9.57 Å². The quantitative estimate of drug-likeness (QED) is 0.726. The van der Waals surface area contributed by atoms with Gasteiger partial charge in [0.1, 0.15) is 0 Å². The first-order chi connectivity index (χ1) is 14.4. The summed E-state index contributed by atoms with van der Waals surface area (Å²) in [6.45, 7) is 1.24. The van der Waals surface area contributed by atoms with Gasteiger partial charge in [-0.15, -0.1) is 0 Å². The largest absolute Gasteiger partial charge is 0.339 e. The molecule has 1 saturated heterocycles. The van der Waals surface area contributed by atoms with E-state index >= 15 is 0 Å². The number of sulfonamides is 1. The second kappa shape index (κ2) is 8.03. The minimum atomic E-state index is -3.65. The zero-order valence-corrected chi connectivity index (χ0v) is 18.0. The maximum Gasteiger partial charge on any atom is 0.243 e. The molecule has 1 amide bonds. The molecule has 1 saturated carbocycles. The highest BCUT2D eigenvalue weighted by molar-refractivity contribution is 7.89. The first kappa shape index (κ1) is 20.9. The lowest BCUT2D eigenvalue weighted by atomic mass is 9.63. The van der Waals surface area contributed by atoms with Gasteiger partial charge in [0.05, 0.1) is 21.9 Å². The van der Waals surface area contributed by atoms with Gasteiger partial charge < -0.3 is 4.90 Å². The zero-order chi connectivity index (χ0) is 21.4. The summed E-state index contributed by atoms with van der Waals surface area (Å²) in [5, 5.41) is 9.53. The van der Waals surface area contributed by atoms with Crippen LogP contribution in [0.15, 0.2) is 53.4 Å². The highest BCUT2D eigenvalue weighted by atomic mass is 35.5. The molecule has 1 aliphatic heterocycles. The van der Waals surface area contributed by atoms with Crippen LogP contribution in [0.25, 0.3) is 0 Å². The highest BCUT2D eigenvalue weighted by Gasteiger charge is 2.48. The molecule has 4 rings (SSSR count). The number of benzene rings is 2. The Kier molecular flexibility index (Phi) is 5.58. The van der Waals surface area contributed by atoms with Crippen LogP contribution in [0.3, 0.4) is 0 Å². The van der Waals surface area contributed by atoms with Crippen LogP contribution in [0.2, 0.25) is 5.02 Å². The molecule has 8 heteroatoms. The molecule has 0 radical (unpaired) electrons. The summed E-state index contributed by atoms with van der Waals surface area (Å²) in [6.07, 6.45) is 2.61. The van der Waals surface area contributed by atoms with Gasteiger partial charge in [0.25, 0.3) is 0 Å². The average Bonchev–Trinajstić information content (AvgIpc) is 2.74. The van der Waals surface area contributed by atoms with Crippen LogP contribution >= 0.6 is 11.6 Å². The van der Waals surface area contributed by atoms with Crippen LogP contribution in [-0.4, -0.2) is 49.7 Å². The van der Waals surface area contributed by atoms with Crippen molar-refractivity contribution in [2.75, 3.05) is 26.2 Å². The molecule has 0 aromatic heterocycles. The summed E-state index contributed by atoms with van der Waals surface area (Å²) in [5.74, 6) is 0.0755. The Morgan fingerprint density at radius 3 is 2.07 bits per heavy atom. The fourth-order valence-corrected chi connectivity index (χ4v) is 5.76. The van der Waals surface area contributed by atoms with Crippen molar-refractivity contribution in [1.82, 2.24) is 9.21 Å². The number of halogens is 1. The average molecular weight is 444 g/mol. The van der Waals surface area contributed by atoms with Crippen molar-refractivity contribution in [3.8, 4) is 6.07 Å².